The van der Waals surface area contributed by atoms with Crippen molar-refractivity contribution < 1.29 is 24.4 Å². The second-order valence-electron chi connectivity index (χ2n) is 7.42. The number of likely N-dealkylation sites (N-methyl/N-ethyl adjacent to an activating group) is 1. The van der Waals surface area contributed by atoms with Crippen molar-refractivity contribution in [2.75, 3.05) is 38.6 Å². The third-order valence-corrected chi connectivity index (χ3v) is 5.59. The Bertz CT molecular complexity index is 965. The Morgan fingerprint density at radius 2 is 1.84 bits per heavy atom. The van der Waals surface area contributed by atoms with E-state index in [0.29, 0.717) is 29.2 Å². The number of allylic oxidation sites excluding steroid dienone is 2. The van der Waals surface area contributed by atoms with Gasteiger partial charge in [0.1, 0.15) is 5.69 Å². The van der Waals surface area contributed by atoms with E-state index in [1.165, 1.54) is 13.2 Å². The third kappa shape index (κ3) is 5.25. The Balaban J connectivity index is 2.52. The summed E-state index contributed by atoms with van der Waals surface area (Å²) in [5, 5.41) is 27.6. The van der Waals surface area contributed by atoms with Crippen LogP contribution in [0, 0.1) is 10.1 Å². The molecule has 2 rings (SSSR count). The van der Waals surface area contributed by atoms with E-state index in [9.17, 15) is 24.8 Å². The molecule has 3 N–H and O–H groups in total. The fourth-order valence-electron chi connectivity index (χ4n) is 3.91. The molecule has 1 unspecified atom stereocenters. The molecule has 1 aromatic carbocycles. The molecule has 1 aromatic rings. The molecule has 0 fully saturated rings. The van der Waals surface area contributed by atoms with Gasteiger partial charge < -0.3 is 25.4 Å². The number of carboxylic acids is 1. The van der Waals surface area contributed by atoms with E-state index >= 15 is 0 Å². The van der Waals surface area contributed by atoms with Crippen LogP contribution in [0.5, 0.6) is 0 Å². The van der Waals surface area contributed by atoms with Gasteiger partial charge in [-0.05, 0) is 38.6 Å². The summed E-state index contributed by atoms with van der Waals surface area (Å²) in [4.78, 5) is 38.0. The number of nitro benzene ring substituents is 1. The molecule has 1 aliphatic heterocycles. The lowest BCUT2D eigenvalue weighted by Gasteiger charge is -2.29. The van der Waals surface area contributed by atoms with Gasteiger partial charge in [0, 0.05) is 30.5 Å². The first-order chi connectivity index (χ1) is 15.2. The van der Waals surface area contributed by atoms with Crippen LogP contribution in [0.2, 0.25) is 0 Å². The first-order valence-corrected chi connectivity index (χ1v) is 10.4. The molecule has 0 radical (unpaired) electrons. The third-order valence-electron chi connectivity index (χ3n) is 5.59. The molecule has 1 atom stereocenters. The Kier molecular flexibility index (Phi) is 8.36. The van der Waals surface area contributed by atoms with Gasteiger partial charge in [0.15, 0.2) is 0 Å². The van der Waals surface area contributed by atoms with E-state index in [-0.39, 0.29) is 16.8 Å². The molecule has 0 saturated heterocycles. The van der Waals surface area contributed by atoms with Crippen LogP contribution in [0.1, 0.15) is 39.2 Å². The molecule has 1 aliphatic rings. The van der Waals surface area contributed by atoms with E-state index in [4.69, 9.17) is 4.74 Å². The van der Waals surface area contributed by atoms with Crippen molar-refractivity contribution in [3.63, 3.8) is 0 Å². The van der Waals surface area contributed by atoms with Crippen molar-refractivity contribution in [3.05, 3.63) is 56.4 Å². The number of rotatable bonds is 10. The number of nitrogens with one attached hydrogen (secondary N) is 2. The van der Waals surface area contributed by atoms with Crippen LogP contribution in [0.15, 0.2) is 40.7 Å². The predicted molar refractivity (Wildman–Crippen MR) is 120 cm³/mol. The lowest BCUT2D eigenvalue weighted by molar-refractivity contribution is -0.384. The molecule has 10 heteroatoms. The van der Waals surface area contributed by atoms with Gasteiger partial charge in [-0.3, -0.25) is 10.1 Å². The number of aliphatic carboxylic acids is 1. The number of hydrogen-bond donors (Lipinski definition) is 3. The standard InChI is InChI=1S/C22H30N4O6/c1-6-25(7-2)11-10-23-16-9-8-15(12-17(16)26(30)31)20-18(21(27)28)13(3)24-14(4)19(20)22(29)32-5/h8-9,12,20,23-24H,6-7,10-11H2,1-5H3,(H,27,28). The number of carboxylic acid groups (broad SMARTS) is 1. The first kappa shape index (κ1) is 24.9. The highest BCUT2D eigenvalue weighted by atomic mass is 16.6. The fraction of sp³-hybridized carbons (Fsp3) is 0.455. The summed E-state index contributed by atoms with van der Waals surface area (Å²) in [6.07, 6.45) is 0. The number of esters is 1. The molecule has 32 heavy (non-hydrogen) atoms. The highest BCUT2D eigenvalue weighted by molar-refractivity contribution is 5.99. The van der Waals surface area contributed by atoms with Crippen LogP contribution in [0.3, 0.4) is 0 Å². The van der Waals surface area contributed by atoms with Crippen molar-refractivity contribution in [2.45, 2.75) is 33.6 Å². The second-order valence-corrected chi connectivity index (χ2v) is 7.42. The molecule has 0 aliphatic carbocycles. The number of benzene rings is 1. The van der Waals surface area contributed by atoms with Gasteiger partial charge in [-0.1, -0.05) is 19.9 Å². The highest BCUT2D eigenvalue weighted by Crippen LogP contribution is 2.41. The zero-order valence-corrected chi connectivity index (χ0v) is 19.0. The molecule has 0 saturated carbocycles. The van der Waals surface area contributed by atoms with Crippen LogP contribution in [0.25, 0.3) is 0 Å². The molecular weight excluding hydrogens is 416 g/mol. The number of carbonyl (C=O) groups is 2. The fourth-order valence-corrected chi connectivity index (χ4v) is 3.91. The van der Waals surface area contributed by atoms with Crippen LogP contribution < -0.4 is 10.6 Å². The predicted octanol–water partition coefficient (Wildman–Crippen LogP) is 2.84. The van der Waals surface area contributed by atoms with E-state index in [1.807, 2.05) is 13.8 Å². The number of carbonyl (C=O) groups excluding carboxylic acids is 1. The second kappa shape index (κ2) is 10.8. The quantitative estimate of drug-likeness (QED) is 0.282. The van der Waals surface area contributed by atoms with Crippen LogP contribution in [-0.2, 0) is 14.3 Å². The van der Waals surface area contributed by atoms with Gasteiger partial charge in [-0.15, -0.1) is 0 Å². The highest BCUT2D eigenvalue weighted by Gasteiger charge is 2.37. The maximum absolute atomic E-state index is 12.5. The van der Waals surface area contributed by atoms with Crippen molar-refractivity contribution in [1.29, 1.82) is 0 Å². The molecule has 174 valence electrons. The Labute approximate surface area is 187 Å². The van der Waals surface area contributed by atoms with Crippen molar-refractivity contribution in [2.24, 2.45) is 0 Å². The summed E-state index contributed by atoms with van der Waals surface area (Å²) >= 11 is 0. The SMILES string of the molecule is CCN(CC)CCNc1ccc(C2C(C(=O)O)=C(C)NC(C)=C2C(=O)OC)cc1[N+](=O)[O-]. The summed E-state index contributed by atoms with van der Waals surface area (Å²) in [7, 11) is 1.21. The maximum atomic E-state index is 12.5. The van der Waals surface area contributed by atoms with E-state index in [2.05, 4.69) is 15.5 Å². The van der Waals surface area contributed by atoms with Crippen molar-refractivity contribution >= 4 is 23.3 Å². The number of anilines is 1. The molecule has 1 heterocycles. The van der Waals surface area contributed by atoms with Crippen LogP contribution in [-0.4, -0.2) is 60.2 Å². The van der Waals surface area contributed by atoms with E-state index in [1.54, 1.807) is 26.0 Å². The first-order valence-electron chi connectivity index (χ1n) is 10.4. The Morgan fingerprint density at radius 3 is 2.38 bits per heavy atom. The van der Waals surface area contributed by atoms with Crippen molar-refractivity contribution in [3.8, 4) is 0 Å². The number of dihydropyridines is 1. The van der Waals surface area contributed by atoms with E-state index < -0.39 is 22.8 Å². The maximum Gasteiger partial charge on any atom is 0.336 e. The molecule has 0 amide bonds. The lowest BCUT2D eigenvalue weighted by atomic mass is 9.80. The normalized spacial score (nSPS) is 16.1. The van der Waals surface area contributed by atoms with E-state index in [0.717, 1.165) is 19.6 Å². The molecule has 0 spiro atoms. The zero-order valence-electron chi connectivity index (χ0n) is 19.0. The summed E-state index contributed by atoms with van der Waals surface area (Å²) in [5.41, 5.74) is 1.30. The summed E-state index contributed by atoms with van der Waals surface area (Å²) in [6.45, 7) is 10.3. The monoisotopic (exact) mass is 446 g/mol. The number of hydrogen-bond acceptors (Lipinski definition) is 8. The van der Waals surface area contributed by atoms with Crippen molar-refractivity contribution in [1.82, 2.24) is 10.2 Å². The summed E-state index contributed by atoms with van der Waals surface area (Å²) < 4.78 is 4.87. The van der Waals surface area contributed by atoms with Crippen LogP contribution >= 0.6 is 0 Å². The Hall–Kier alpha value is -3.40. The minimum absolute atomic E-state index is 0.0625. The topological polar surface area (TPSA) is 134 Å². The van der Waals surface area contributed by atoms with Gasteiger partial charge in [0.2, 0.25) is 0 Å². The van der Waals surface area contributed by atoms with Gasteiger partial charge >= 0.3 is 11.9 Å². The molecule has 0 aromatic heterocycles. The number of nitrogens with zero attached hydrogens (tertiary/aromatic N) is 2. The number of ether oxygens (including phenoxy) is 1. The van der Waals surface area contributed by atoms with Gasteiger partial charge in [0.25, 0.3) is 5.69 Å². The average molecular weight is 447 g/mol. The molecular formula is C22H30N4O6. The molecule has 10 nitrogen and oxygen atoms in total. The summed E-state index contributed by atoms with van der Waals surface area (Å²) in [6, 6.07) is 4.48. The summed E-state index contributed by atoms with van der Waals surface area (Å²) in [5.74, 6) is -2.93. The average Bonchev–Trinajstić information content (AvgIpc) is 2.75. The largest absolute Gasteiger partial charge is 0.478 e. The lowest BCUT2D eigenvalue weighted by Crippen LogP contribution is -2.31. The number of methoxy groups -OCH3 is 1. The van der Waals surface area contributed by atoms with Gasteiger partial charge in [-0.2, -0.15) is 0 Å². The molecule has 0 bridgehead atoms. The zero-order chi connectivity index (χ0) is 24.0. The van der Waals surface area contributed by atoms with Crippen LogP contribution in [0.4, 0.5) is 11.4 Å². The minimum atomic E-state index is -1.22. The number of nitro groups is 1. The Morgan fingerprint density at radius 1 is 1.22 bits per heavy atom. The van der Waals surface area contributed by atoms with Gasteiger partial charge in [0.05, 0.1) is 29.1 Å². The minimum Gasteiger partial charge on any atom is -0.478 e. The smallest absolute Gasteiger partial charge is 0.336 e. The van der Waals surface area contributed by atoms with Gasteiger partial charge in [-0.25, -0.2) is 9.59 Å².